The fourth-order valence-electron chi connectivity index (χ4n) is 2.24. The van der Waals surface area contributed by atoms with Crippen LogP contribution in [0.3, 0.4) is 0 Å². The van der Waals surface area contributed by atoms with Gasteiger partial charge in [-0.25, -0.2) is 0 Å². The zero-order chi connectivity index (χ0) is 15.1. The summed E-state index contributed by atoms with van der Waals surface area (Å²) in [5, 5.41) is 6.59. The average molecular weight is 484 g/mol. The molecule has 2 N–H and O–H groups in total. The van der Waals surface area contributed by atoms with E-state index in [4.69, 9.17) is 9.47 Å². The Hall–Kier alpha value is -0.540. The monoisotopic (exact) mass is 483 g/mol. The van der Waals surface area contributed by atoms with Crippen molar-refractivity contribution in [1.29, 1.82) is 0 Å². The Kier molecular flexibility index (Phi) is 9.11. The van der Waals surface area contributed by atoms with Gasteiger partial charge in [0.15, 0.2) is 5.96 Å². The van der Waals surface area contributed by atoms with Crippen LogP contribution in [-0.4, -0.2) is 39.4 Å². The van der Waals surface area contributed by atoms with Crippen molar-refractivity contribution >= 4 is 45.9 Å². The Morgan fingerprint density at radius 1 is 1.45 bits per heavy atom. The minimum atomic E-state index is 0. The van der Waals surface area contributed by atoms with Crippen LogP contribution in [0, 0.1) is 0 Å². The molecule has 1 aromatic carbocycles. The first-order valence-corrected chi connectivity index (χ1v) is 7.90. The van der Waals surface area contributed by atoms with Crippen LogP contribution in [0.15, 0.2) is 27.7 Å². The third-order valence-corrected chi connectivity index (χ3v) is 4.04. The number of methoxy groups -OCH3 is 1. The second-order valence-corrected chi connectivity index (χ2v) is 5.76. The van der Waals surface area contributed by atoms with E-state index in [0.717, 1.165) is 47.7 Å². The maximum absolute atomic E-state index is 5.59. The Morgan fingerprint density at radius 3 is 2.86 bits per heavy atom. The lowest BCUT2D eigenvalue weighted by molar-refractivity contribution is 0.114. The van der Waals surface area contributed by atoms with Crippen LogP contribution in [0.1, 0.15) is 18.4 Å². The highest BCUT2D eigenvalue weighted by atomic mass is 127. The molecule has 0 saturated carbocycles. The molecular formula is C15H23BrIN3O2. The zero-order valence-corrected chi connectivity index (χ0v) is 16.8. The molecule has 1 aromatic rings. The molecule has 1 heterocycles. The number of benzene rings is 1. The van der Waals surface area contributed by atoms with E-state index in [0.29, 0.717) is 12.6 Å². The smallest absolute Gasteiger partial charge is 0.191 e. The molecule has 0 aliphatic carbocycles. The largest absolute Gasteiger partial charge is 0.496 e. The van der Waals surface area contributed by atoms with Gasteiger partial charge in [0.1, 0.15) is 5.75 Å². The van der Waals surface area contributed by atoms with Gasteiger partial charge in [0.05, 0.1) is 17.7 Å². The van der Waals surface area contributed by atoms with Crippen LogP contribution >= 0.6 is 39.9 Å². The molecule has 2 rings (SSSR count). The molecule has 1 atom stereocenters. The summed E-state index contributed by atoms with van der Waals surface area (Å²) in [6.07, 6.45) is 2.58. The Labute approximate surface area is 157 Å². The molecule has 1 fully saturated rings. The van der Waals surface area contributed by atoms with Crippen molar-refractivity contribution in [3.8, 4) is 5.75 Å². The number of guanidine groups is 1. The first-order chi connectivity index (χ1) is 10.2. The standard InChI is InChI=1S/C15H22BrN3O2.HI/c1-17-15(19-10-12-4-3-7-21-12)18-9-11-5-6-14(20-2)13(16)8-11;/h5-6,8,12H,3-4,7,9-10H2,1-2H3,(H2,17,18,19);1H. The number of aliphatic imine (C=N–C) groups is 1. The Morgan fingerprint density at radius 2 is 2.27 bits per heavy atom. The van der Waals surface area contributed by atoms with E-state index >= 15 is 0 Å². The summed E-state index contributed by atoms with van der Waals surface area (Å²) in [4.78, 5) is 4.22. The summed E-state index contributed by atoms with van der Waals surface area (Å²) >= 11 is 3.49. The van der Waals surface area contributed by atoms with Crippen molar-refractivity contribution in [2.45, 2.75) is 25.5 Å². The van der Waals surface area contributed by atoms with E-state index in [9.17, 15) is 0 Å². The van der Waals surface area contributed by atoms with Gasteiger partial charge in [0.25, 0.3) is 0 Å². The number of ether oxygens (including phenoxy) is 2. The van der Waals surface area contributed by atoms with E-state index in [1.165, 1.54) is 0 Å². The van der Waals surface area contributed by atoms with Gasteiger partial charge >= 0.3 is 0 Å². The van der Waals surface area contributed by atoms with Gasteiger partial charge in [-0.05, 0) is 46.5 Å². The average Bonchev–Trinajstić information content (AvgIpc) is 3.01. The molecule has 124 valence electrons. The molecule has 0 aromatic heterocycles. The lowest BCUT2D eigenvalue weighted by Crippen LogP contribution is -2.40. The van der Waals surface area contributed by atoms with Gasteiger partial charge in [-0.1, -0.05) is 6.07 Å². The second kappa shape index (κ2) is 10.3. The van der Waals surface area contributed by atoms with Crippen molar-refractivity contribution in [3.05, 3.63) is 28.2 Å². The van der Waals surface area contributed by atoms with Gasteiger partial charge in [-0.3, -0.25) is 4.99 Å². The van der Waals surface area contributed by atoms with Crippen LogP contribution in [0.5, 0.6) is 5.75 Å². The molecule has 0 bridgehead atoms. The summed E-state index contributed by atoms with van der Waals surface area (Å²) < 4.78 is 11.8. The first-order valence-electron chi connectivity index (χ1n) is 7.11. The van der Waals surface area contributed by atoms with Gasteiger partial charge in [-0.2, -0.15) is 0 Å². The highest BCUT2D eigenvalue weighted by Crippen LogP contribution is 2.25. The van der Waals surface area contributed by atoms with Crippen molar-refractivity contribution in [2.24, 2.45) is 4.99 Å². The first kappa shape index (κ1) is 19.5. The highest BCUT2D eigenvalue weighted by molar-refractivity contribution is 14.0. The fourth-order valence-corrected chi connectivity index (χ4v) is 2.83. The lowest BCUT2D eigenvalue weighted by atomic mass is 10.2. The van der Waals surface area contributed by atoms with Gasteiger partial charge < -0.3 is 20.1 Å². The maximum Gasteiger partial charge on any atom is 0.191 e. The zero-order valence-electron chi connectivity index (χ0n) is 12.9. The molecule has 1 unspecified atom stereocenters. The third kappa shape index (κ3) is 5.92. The Bertz CT molecular complexity index is 494. The predicted octanol–water partition coefficient (Wildman–Crippen LogP) is 2.92. The van der Waals surface area contributed by atoms with Crippen LogP contribution in [0.25, 0.3) is 0 Å². The number of hydrogen-bond acceptors (Lipinski definition) is 3. The van der Waals surface area contributed by atoms with Crippen molar-refractivity contribution in [2.75, 3.05) is 27.3 Å². The highest BCUT2D eigenvalue weighted by Gasteiger charge is 2.15. The van der Waals surface area contributed by atoms with Crippen LogP contribution in [0.4, 0.5) is 0 Å². The molecule has 1 saturated heterocycles. The molecule has 22 heavy (non-hydrogen) atoms. The number of halogens is 2. The van der Waals surface area contributed by atoms with Crippen LogP contribution in [-0.2, 0) is 11.3 Å². The van der Waals surface area contributed by atoms with Crippen LogP contribution in [0.2, 0.25) is 0 Å². The fraction of sp³-hybridized carbons (Fsp3) is 0.533. The van der Waals surface area contributed by atoms with E-state index in [1.807, 2.05) is 18.2 Å². The SMILES string of the molecule is CN=C(NCc1ccc(OC)c(Br)c1)NCC1CCCO1.I. The predicted molar refractivity (Wildman–Crippen MR) is 103 cm³/mol. The van der Waals surface area contributed by atoms with Crippen molar-refractivity contribution in [3.63, 3.8) is 0 Å². The second-order valence-electron chi connectivity index (χ2n) is 4.91. The van der Waals surface area contributed by atoms with Gasteiger partial charge in [-0.15, -0.1) is 24.0 Å². The normalized spacial score (nSPS) is 17.8. The number of nitrogens with zero attached hydrogens (tertiary/aromatic N) is 1. The summed E-state index contributed by atoms with van der Waals surface area (Å²) in [5.41, 5.74) is 1.16. The molecule has 1 aliphatic rings. The number of hydrogen-bond donors (Lipinski definition) is 2. The lowest BCUT2D eigenvalue weighted by Gasteiger charge is -2.15. The summed E-state index contributed by atoms with van der Waals surface area (Å²) in [6, 6.07) is 6.02. The van der Waals surface area contributed by atoms with Gasteiger partial charge in [0, 0.05) is 26.7 Å². The summed E-state index contributed by atoms with van der Waals surface area (Å²) in [6.45, 7) is 2.37. The number of nitrogens with one attached hydrogen (secondary N) is 2. The van der Waals surface area contributed by atoms with Crippen LogP contribution < -0.4 is 15.4 Å². The molecule has 5 nitrogen and oxygen atoms in total. The minimum absolute atomic E-state index is 0. The summed E-state index contributed by atoms with van der Waals surface area (Å²) in [7, 11) is 3.43. The maximum atomic E-state index is 5.59. The summed E-state index contributed by atoms with van der Waals surface area (Å²) in [5.74, 6) is 1.62. The molecule has 7 heteroatoms. The topological polar surface area (TPSA) is 54.9 Å². The van der Waals surface area contributed by atoms with E-state index in [1.54, 1.807) is 14.2 Å². The molecule has 0 spiro atoms. The Balaban J connectivity index is 0.00000242. The number of rotatable bonds is 5. The molecule has 0 radical (unpaired) electrons. The molecular weight excluding hydrogens is 461 g/mol. The minimum Gasteiger partial charge on any atom is -0.496 e. The van der Waals surface area contributed by atoms with E-state index < -0.39 is 0 Å². The third-order valence-electron chi connectivity index (χ3n) is 3.42. The van der Waals surface area contributed by atoms with Crippen molar-refractivity contribution in [1.82, 2.24) is 10.6 Å². The van der Waals surface area contributed by atoms with Crippen molar-refractivity contribution < 1.29 is 9.47 Å². The van der Waals surface area contributed by atoms with Gasteiger partial charge in [0.2, 0.25) is 0 Å². The molecule has 0 amide bonds. The van der Waals surface area contributed by atoms with E-state index in [2.05, 4.69) is 31.6 Å². The molecule has 1 aliphatic heterocycles. The quantitative estimate of drug-likeness (QED) is 0.384. The van der Waals surface area contributed by atoms with E-state index in [-0.39, 0.29) is 24.0 Å².